The molecule has 1 fully saturated rings. The summed E-state index contributed by atoms with van der Waals surface area (Å²) in [7, 11) is 0. The van der Waals surface area contributed by atoms with E-state index in [-0.39, 0.29) is 11.8 Å². The monoisotopic (exact) mass is 339 g/mol. The number of fused-ring (bicyclic) bond motifs is 1. The van der Waals surface area contributed by atoms with Gasteiger partial charge in [0.15, 0.2) is 0 Å². The first kappa shape index (κ1) is 15.2. The summed E-state index contributed by atoms with van der Waals surface area (Å²) in [5, 5.41) is 3.71. The number of rotatable bonds is 3. The summed E-state index contributed by atoms with van der Waals surface area (Å²) in [6.45, 7) is 0. The molecular weight excluding hydrogens is 322 g/mol. The van der Waals surface area contributed by atoms with Crippen LogP contribution in [-0.2, 0) is 4.79 Å². The molecule has 1 amide bonds. The van der Waals surface area contributed by atoms with E-state index in [0.29, 0.717) is 5.02 Å². The van der Waals surface area contributed by atoms with Gasteiger partial charge in [-0.25, -0.2) is 4.98 Å². The van der Waals surface area contributed by atoms with Crippen LogP contribution in [0.5, 0.6) is 0 Å². The highest BCUT2D eigenvalue weighted by Crippen LogP contribution is 2.27. The Morgan fingerprint density at radius 1 is 1.17 bits per heavy atom. The summed E-state index contributed by atoms with van der Waals surface area (Å²) in [4.78, 5) is 16.9. The van der Waals surface area contributed by atoms with E-state index >= 15 is 0 Å². The second-order valence-electron chi connectivity index (χ2n) is 6.29. The first-order chi connectivity index (χ1) is 11.7. The van der Waals surface area contributed by atoms with E-state index in [1.165, 1.54) is 0 Å². The fourth-order valence-electron chi connectivity index (χ4n) is 3.29. The minimum atomic E-state index is 0.131. The average Bonchev–Trinajstić information content (AvgIpc) is 3.24. The summed E-state index contributed by atoms with van der Waals surface area (Å²) in [6.07, 6.45) is 8.08. The number of benzene rings is 1. The summed E-state index contributed by atoms with van der Waals surface area (Å²) < 4.78 is 1.90. The van der Waals surface area contributed by atoms with Crippen molar-refractivity contribution in [3.63, 3.8) is 0 Å². The number of anilines is 1. The van der Waals surface area contributed by atoms with Crippen molar-refractivity contribution in [2.45, 2.75) is 25.7 Å². The van der Waals surface area contributed by atoms with Crippen LogP contribution in [0.1, 0.15) is 25.7 Å². The lowest BCUT2D eigenvalue weighted by Gasteiger charge is -2.11. The van der Waals surface area contributed by atoms with Crippen molar-refractivity contribution in [1.29, 1.82) is 0 Å². The van der Waals surface area contributed by atoms with Gasteiger partial charge in [-0.2, -0.15) is 0 Å². The first-order valence-corrected chi connectivity index (χ1v) is 8.62. The smallest absolute Gasteiger partial charge is 0.227 e. The molecule has 0 spiro atoms. The summed E-state index contributed by atoms with van der Waals surface area (Å²) in [5.41, 5.74) is 3.49. The third-order valence-corrected chi connectivity index (χ3v) is 4.79. The summed E-state index contributed by atoms with van der Waals surface area (Å²) >= 11 is 6.02. The van der Waals surface area contributed by atoms with E-state index in [0.717, 1.165) is 48.3 Å². The topological polar surface area (TPSA) is 46.4 Å². The van der Waals surface area contributed by atoms with Gasteiger partial charge in [0.1, 0.15) is 5.65 Å². The number of imidazole rings is 1. The molecular formula is C19H18ClN3O. The van der Waals surface area contributed by atoms with E-state index in [4.69, 9.17) is 11.6 Å². The summed E-state index contributed by atoms with van der Waals surface area (Å²) in [5.74, 6) is 0.289. The Kier molecular flexibility index (Phi) is 3.98. The lowest BCUT2D eigenvalue weighted by molar-refractivity contribution is -0.119. The zero-order valence-corrected chi connectivity index (χ0v) is 14.0. The molecule has 0 radical (unpaired) electrons. The van der Waals surface area contributed by atoms with Crippen LogP contribution in [0.25, 0.3) is 16.9 Å². The Balaban J connectivity index is 1.60. The molecule has 0 bridgehead atoms. The van der Waals surface area contributed by atoms with E-state index in [1.54, 1.807) is 0 Å². The maximum absolute atomic E-state index is 12.3. The van der Waals surface area contributed by atoms with Gasteiger partial charge in [-0.05, 0) is 37.1 Å². The molecule has 5 heteroatoms. The molecule has 122 valence electrons. The summed E-state index contributed by atoms with van der Waals surface area (Å²) in [6, 6.07) is 11.5. The van der Waals surface area contributed by atoms with Crippen molar-refractivity contribution in [2.24, 2.45) is 5.92 Å². The van der Waals surface area contributed by atoms with Gasteiger partial charge in [0, 0.05) is 29.6 Å². The zero-order chi connectivity index (χ0) is 16.5. The number of hydrogen-bond acceptors (Lipinski definition) is 2. The van der Waals surface area contributed by atoms with Gasteiger partial charge in [-0.15, -0.1) is 0 Å². The van der Waals surface area contributed by atoms with Gasteiger partial charge in [0.25, 0.3) is 0 Å². The molecule has 1 aliphatic carbocycles. The highest BCUT2D eigenvalue weighted by atomic mass is 35.5. The molecule has 4 nitrogen and oxygen atoms in total. The second-order valence-corrected chi connectivity index (χ2v) is 6.73. The predicted octanol–water partition coefficient (Wildman–Crippen LogP) is 4.78. The molecule has 0 atom stereocenters. The number of amides is 1. The Morgan fingerprint density at radius 3 is 2.83 bits per heavy atom. The third kappa shape index (κ3) is 3.02. The van der Waals surface area contributed by atoms with Crippen molar-refractivity contribution in [2.75, 3.05) is 5.32 Å². The Labute approximate surface area is 145 Å². The van der Waals surface area contributed by atoms with E-state index in [9.17, 15) is 4.79 Å². The minimum absolute atomic E-state index is 0.131. The molecule has 2 aromatic heterocycles. The number of halogens is 1. The molecule has 0 aliphatic heterocycles. The molecule has 1 saturated carbocycles. The number of nitrogens with one attached hydrogen (secondary N) is 1. The molecule has 1 aromatic carbocycles. The van der Waals surface area contributed by atoms with Crippen LogP contribution in [0.15, 0.2) is 48.8 Å². The van der Waals surface area contributed by atoms with E-state index in [1.807, 2.05) is 53.2 Å². The molecule has 0 unspecified atom stereocenters. The van der Waals surface area contributed by atoms with Gasteiger partial charge in [-0.1, -0.05) is 36.6 Å². The third-order valence-electron chi connectivity index (χ3n) is 4.57. The van der Waals surface area contributed by atoms with Crippen molar-refractivity contribution < 1.29 is 4.79 Å². The van der Waals surface area contributed by atoms with Crippen LogP contribution in [0, 0.1) is 5.92 Å². The average molecular weight is 340 g/mol. The van der Waals surface area contributed by atoms with E-state index in [2.05, 4.69) is 10.3 Å². The number of nitrogens with zero attached hydrogens (tertiary/aromatic N) is 2. The lowest BCUT2D eigenvalue weighted by atomic mass is 10.1. The molecule has 4 rings (SSSR count). The highest BCUT2D eigenvalue weighted by molar-refractivity contribution is 6.30. The van der Waals surface area contributed by atoms with Crippen LogP contribution < -0.4 is 5.32 Å². The molecule has 2 heterocycles. The maximum atomic E-state index is 12.3. The number of hydrogen-bond donors (Lipinski definition) is 1. The minimum Gasteiger partial charge on any atom is -0.326 e. The van der Waals surface area contributed by atoms with Crippen molar-refractivity contribution in [3.05, 3.63) is 53.8 Å². The number of pyridine rings is 1. The van der Waals surface area contributed by atoms with Crippen LogP contribution in [0.2, 0.25) is 5.02 Å². The first-order valence-electron chi connectivity index (χ1n) is 8.24. The van der Waals surface area contributed by atoms with Gasteiger partial charge < -0.3 is 9.72 Å². The van der Waals surface area contributed by atoms with Crippen molar-refractivity contribution >= 4 is 28.8 Å². The van der Waals surface area contributed by atoms with Gasteiger partial charge in [0.05, 0.1) is 10.7 Å². The molecule has 1 aliphatic rings. The fourth-order valence-corrected chi connectivity index (χ4v) is 3.46. The van der Waals surface area contributed by atoms with Crippen molar-refractivity contribution in [1.82, 2.24) is 9.38 Å². The van der Waals surface area contributed by atoms with Crippen LogP contribution in [0.4, 0.5) is 5.69 Å². The second kappa shape index (κ2) is 6.29. The Hall–Kier alpha value is -2.33. The fraction of sp³-hybridized carbons (Fsp3) is 0.263. The molecule has 1 N–H and O–H groups in total. The number of carbonyl (C=O) groups excluding carboxylic acids is 1. The van der Waals surface area contributed by atoms with Gasteiger partial charge in [0.2, 0.25) is 5.91 Å². The SMILES string of the molecule is O=C(Nc1cccc(-c2cn3cc(Cl)ccc3n2)c1)C1CCCC1. The Morgan fingerprint density at radius 2 is 2.00 bits per heavy atom. The highest BCUT2D eigenvalue weighted by Gasteiger charge is 2.22. The standard InChI is InChI=1S/C19H18ClN3O/c20-15-8-9-18-22-17(12-23(18)11-15)14-6-3-7-16(10-14)21-19(24)13-4-1-2-5-13/h3,6-13H,1-2,4-5H2,(H,21,24). The van der Waals surface area contributed by atoms with Crippen LogP contribution >= 0.6 is 11.6 Å². The van der Waals surface area contributed by atoms with Gasteiger partial charge >= 0.3 is 0 Å². The number of carbonyl (C=O) groups is 1. The number of aromatic nitrogens is 2. The zero-order valence-electron chi connectivity index (χ0n) is 13.2. The predicted molar refractivity (Wildman–Crippen MR) is 96.2 cm³/mol. The van der Waals surface area contributed by atoms with Gasteiger partial charge in [-0.3, -0.25) is 4.79 Å². The molecule has 24 heavy (non-hydrogen) atoms. The van der Waals surface area contributed by atoms with E-state index < -0.39 is 0 Å². The largest absolute Gasteiger partial charge is 0.326 e. The lowest BCUT2D eigenvalue weighted by Crippen LogP contribution is -2.20. The maximum Gasteiger partial charge on any atom is 0.227 e. The van der Waals surface area contributed by atoms with Crippen LogP contribution in [-0.4, -0.2) is 15.3 Å². The normalized spacial score (nSPS) is 15.0. The molecule has 0 saturated heterocycles. The molecule has 3 aromatic rings. The van der Waals surface area contributed by atoms with Crippen molar-refractivity contribution in [3.8, 4) is 11.3 Å². The Bertz CT molecular complexity index is 897. The quantitative estimate of drug-likeness (QED) is 0.746. The van der Waals surface area contributed by atoms with Crippen LogP contribution in [0.3, 0.4) is 0 Å².